The van der Waals surface area contributed by atoms with Crippen LogP contribution in [0.2, 0.25) is 0 Å². The van der Waals surface area contributed by atoms with Crippen molar-refractivity contribution in [3.63, 3.8) is 0 Å². The third-order valence-corrected chi connectivity index (χ3v) is 2.91. The molecule has 0 aromatic heterocycles. The third kappa shape index (κ3) is 2.88. The van der Waals surface area contributed by atoms with Gasteiger partial charge < -0.3 is 16.3 Å². The average molecular weight is 235 g/mol. The molecule has 0 aliphatic carbocycles. The first-order valence-corrected chi connectivity index (χ1v) is 5.81. The summed E-state index contributed by atoms with van der Waals surface area (Å²) in [5, 5.41) is 11.2. The number of nitrogen functional groups attached to an aromatic ring is 1. The minimum absolute atomic E-state index is 0.218. The van der Waals surface area contributed by atoms with Gasteiger partial charge in [-0.2, -0.15) is 0 Å². The van der Waals surface area contributed by atoms with Crippen LogP contribution in [0.3, 0.4) is 0 Å². The highest BCUT2D eigenvalue weighted by atomic mass is 16.4. The van der Waals surface area contributed by atoms with Crippen molar-refractivity contribution in [3.05, 3.63) is 23.8 Å². The van der Waals surface area contributed by atoms with Crippen LogP contribution >= 0.6 is 0 Å². The first kappa shape index (κ1) is 11.7. The molecular formula is C12H17N3O2. The number of carboxylic acids is 1. The lowest BCUT2D eigenvalue weighted by molar-refractivity contribution is 0.0697. The van der Waals surface area contributed by atoms with Crippen molar-refractivity contribution in [2.75, 3.05) is 24.2 Å². The van der Waals surface area contributed by atoms with E-state index in [1.165, 1.54) is 12.5 Å². The van der Waals surface area contributed by atoms with Crippen molar-refractivity contribution >= 4 is 17.3 Å². The van der Waals surface area contributed by atoms with Crippen LogP contribution < -0.4 is 11.2 Å². The predicted octanol–water partition coefficient (Wildman–Crippen LogP) is 1.78. The Labute approximate surface area is 100 Å². The molecule has 0 atom stereocenters. The maximum absolute atomic E-state index is 11.1. The number of rotatable bonds is 3. The van der Waals surface area contributed by atoms with Gasteiger partial charge in [-0.1, -0.05) is 6.42 Å². The van der Waals surface area contributed by atoms with Gasteiger partial charge in [-0.25, -0.2) is 9.80 Å². The molecule has 1 fully saturated rings. The predicted molar refractivity (Wildman–Crippen MR) is 66.9 cm³/mol. The molecule has 17 heavy (non-hydrogen) atoms. The summed E-state index contributed by atoms with van der Waals surface area (Å²) in [4.78, 5) is 11.1. The molecule has 0 bridgehead atoms. The first-order valence-electron chi connectivity index (χ1n) is 5.81. The maximum Gasteiger partial charge on any atom is 0.337 e. The fourth-order valence-electron chi connectivity index (χ4n) is 2.01. The van der Waals surface area contributed by atoms with E-state index >= 15 is 0 Å². The molecule has 1 aliphatic rings. The molecule has 4 N–H and O–H groups in total. The summed E-state index contributed by atoms with van der Waals surface area (Å²) in [5.41, 5.74) is 10.0. The van der Waals surface area contributed by atoms with Crippen LogP contribution in [0.5, 0.6) is 0 Å². The first-order chi connectivity index (χ1) is 8.16. The molecule has 5 heteroatoms. The monoisotopic (exact) mass is 235 g/mol. The summed E-state index contributed by atoms with van der Waals surface area (Å²) in [5.74, 6) is -0.961. The molecule has 1 saturated heterocycles. The van der Waals surface area contributed by atoms with Crippen molar-refractivity contribution in [3.8, 4) is 0 Å². The fourth-order valence-corrected chi connectivity index (χ4v) is 2.01. The van der Waals surface area contributed by atoms with Gasteiger partial charge in [-0.3, -0.25) is 0 Å². The largest absolute Gasteiger partial charge is 0.478 e. The van der Waals surface area contributed by atoms with E-state index in [2.05, 4.69) is 10.4 Å². The highest BCUT2D eigenvalue weighted by molar-refractivity contribution is 5.95. The summed E-state index contributed by atoms with van der Waals surface area (Å²) in [6, 6.07) is 4.90. The van der Waals surface area contributed by atoms with Crippen molar-refractivity contribution in [1.29, 1.82) is 0 Å². The fraction of sp³-hybridized carbons (Fsp3) is 0.417. The Kier molecular flexibility index (Phi) is 3.49. The SMILES string of the molecule is Nc1ccc(NN2CCCCC2)c(C(=O)O)c1. The van der Waals surface area contributed by atoms with Crippen LogP contribution in [-0.2, 0) is 0 Å². The molecule has 5 nitrogen and oxygen atoms in total. The zero-order valence-electron chi connectivity index (χ0n) is 9.65. The lowest BCUT2D eigenvalue weighted by atomic mass is 10.1. The number of carboxylic acid groups (broad SMARTS) is 1. The number of hydrogen-bond donors (Lipinski definition) is 3. The summed E-state index contributed by atoms with van der Waals surface area (Å²) in [6.07, 6.45) is 3.53. The quantitative estimate of drug-likeness (QED) is 0.696. The number of nitrogens with zero attached hydrogens (tertiary/aromatic N) is 1. The van der Waals surface area contributed by atoms with E-state index in [-0.39, 0.29) is 5.56 Å². The molecule has 1 aromatic carbocycles. The van der Waals surface area contributed by atoms with Crippen LogP contribution in [-0.4, -0.2) is 29.2 Å². The van der Waals surface area contributed by atoms with Gasteiger partial charge in [0.1, 0.15) is 0 Å². The number of carbonyl (C=O) groups is 1. The Balaban J connectivity index is 2.16. The molecular weight excluding hydrogens is 218 g/mol. The molecule has 1 aromatic rings. The number of anilines is 2. The van der Waals surface area contributed by atoms with Crippen molar-refractivity contribution in [2.45, 2.75) is 19.3 Å². The van der Waals surface area contributed by atoms with Crippen LogP contribution in [0, 0.1) is 0 Å². The van der Waals surface area contributed by atoms with Gasteiger partial charge in [0.25, 0.3) is 0 Å². The lowest BCUT2D eigenvalue weighted by Gasteiger charge is -2.28. The van der Waals surface area contributed by atoms with Gasteiger partial charge in [-0.15, -0.1) is 0 Å². The number of benzene rings is 1. The van der Waals surface area contributed by atoms with Crippen LogP contribution in [0.15, 0.2) is 18.2 Å². The van der Waals surface area contributed by atoms with Gasteiger partial charge in [0.15, 0.2) is 0 Å². The number of nitrogens with one attached hydrogen (secondary N) is 1. The second-order valence-corrected chi connectivity index (χ2v) is 4.27. The smallest absolute Gasteiger partial charge is 0.337 e. The lowest BCUT2D eigenvalue weighted by Crippen LogP contribution is -2.35. The zero-order chi connectivity index (χ0) is 12.3. The van der Waals surface area contributed by atoms with Gasteiger partial charge in [0, 0.05) is 18.8 Å². The number of piperidine rings is 1. The Bertz CT molecular complexity index is 414. The molecule has 0 radical (unpaired) electrons. The molecule has 1 heterocycles. The Morgan fingerprint density at radius 1 is 1.29 bits per heavy atom. The topological polar surface area (TPSA) is 78.6 Å². The van der Waals surface area contributed by atoms with Gasteiger partial charge >= 0.3 is 5.97 Å². The summed E-state index contributed by atoms with van der Waals surface area (Å²) >= 11 is 0. The van der Waals surface area contributed by atoms with E-state index < -0.39 is 5.97 Å². The summed E-state index contributed by atoms with van der Waals surface area (Å²) < 4.78 is 0. The third-order valence-electron chi connectivity index (χ3n) is 2.91. The van der Waals surface area contributed by atoms with Gasteiger partial charge in [0.2, 0.25) is 0 Å². The van der Waals surface area contributed by atoms with Crippen molar-refractivity contribution < 1.29 is 9.90 Å². The number of hydrogen-bond acceptors (Lipinski definition) is 4. The zero-order valence-corrected chi connectivity index (χ0v) is 9.65. The second kappa shape index (κ2) is 5.05. The molecule has 1 aliphatic heterocycles. The van der Waals surface area contributed by atoms with Crippen molar-refractivity contribution in [1.82, 2.24) is 5.01 Å². The van der Waals surface area contributed by atoms with Crippen LogP contribution in [0.25, 0.3) is 0 Å². The van der Waals surface area contributed by atoms with Crippen LogP contribution in [0.4, 0.5) is 11.4 Å². The standard InChI is InChI=1S/C12H17N3O2/c13-9-4-5-11(10(8-9)12(16)17)14-15-6-2-1-3-7-15/h4-5,8,14H,1-3,6-7,13H2,(H,16,17). The molecule has 2 rings (SSSR count). The summed E-state index contributed by atoms with van der Waals surface area (Å²) in [7, 11) is 0. The average Bonchev–Trinajstić information content (AvgIpc) is 2.32. The molecule has 0 spiro atoms. The Hall–Kier alpha value is -1.75. The van der Waals surface area contributed by atoms with E-state index in [0.29, 0.717) is 11.4 Å². The minimum Gasteiger partial charge on any atom is -0.478 e. The molecule has 0 amide bonds. The number of aromatic carboxylic acids is 1. The Morgan fingerprint density at radius 2 is 2.00 bits per heavy atom. The number of hydrazine groups is 1. The highest BCUT2D eigenvalue weighted by Gasteiger charge is 2.14. The van der Waals surface area contributed by atoms with Gasteiger partial charge in [0.05, 0.1) is 11.3 Å². The van der Waals surface area contributed by atoms with E-state index in [4.69, 9.17) is 10.8 Å². The molecule has 0 saturated carbocycles. The highest BCUT2D eigenvalue weighted by Crippen LogP contribution is 2.20. The number of nitrogens with two attached hydrogens (primary N) is 1. The van der Waals surface area contributed by atoms with E-state index in [9.17, 15) is 4.79 Å². The summed E-state index contributed by atoms with van der Waals surface area (Å²) in [6.45, 7) is 1.90. The van der Waals surface area contributed by atoms with Gasteiger partial charge in [-0.05, 0) is 31.0 Å². The maximum atomic E-state index is 11.1. The Morgan fingerprint density at radius 3 is 2.65 bits per heavy atom. The van der Waals surface area contributed by atoms with Crippen LogP contribution in [0.1, 0.15) is 29.6 Å². The minimum atomic E-state index is -0.961. The molecule has 92 valence electrons. The normalized spacial score (nSPS) is 16.7. The molecule has 0 unspecified atom stereocenters. The van der Waals surface area contributed by atoms with E-state index in [0.717, 1.165) is 25.9 Å². The van der Waals surface area contributed by atoms with E-state index in [1.807, 2.05) is 0 Å². The second-order valence-electron chi connectivity index (χ2n) is 4.27. The van der Waals surface area contributed by atoms with Crippen molar-refractivity contribution in [2.24, 2.45) is 0 Å². The van der Waals surface area contributed by atoms with E-state index in [1.54, 1.807) is 12.1 Å².